The molecule has 4 nitrogen and oxygen atoms in total. The highest BCUT2D eigenvalue weighted by Gasteiger charge is 2.43. The van der Waals surface area contributed by atoms with Crippen LogP contribution in [0, 0.1) is 0 Å². The lowest BCUT2D eigenvalue weighted by Gasteiger charge is -2.33. The fourth-order valence-corrected chi connectivity index (χ4v) is 3.22. The van der Waals surface area contributed by atoms with E-state index in [9.17, 15) is 5.11 Å². The van der Waals surface area contributed by atoms with Gasteiger partial charge in [0.15, 0.2) is 0 Å². The van der Waals surface area contributed by atoms with Gasteiger partial charge in [0.25, 0.3) is 0 Å². The molecule has 96 valence electrons. The number of nitrogens with zero attached hydrogens (tertiary/aromatic N) is 2. The molecule has 1 aliphatic carbocycles. The molecule has 1 unspecified atom stereocenters. The number of rotatable bonds is 4. The smallest absolute Gasteiger partial charge is 0.126 e. The van der Waals surface area contributed by atoms with Gasteiger partial charge in [-0.3, -0.25) is 4.68 Å². The van der Waals surface area contributed by atoms with Crippen molar-refractivity contribution >= 4 is 15.9 Å². The zero-order chi connectivity index (χ0) is 12.5. The molecular formula is C12H19BrN2O2. The second kappa shape index (κ2) is 5.08. The van der Waals surface area contributed by atoms with E-state index in [1.165, 1.54) is 0 Å². The Hall–Kier alpha value is -0.390. The zero-order valence-electron chi connectivity index (χ0n) is 10.3. The number of aryl methyl sites for hydroxylation is 1. The maximum atomic E-state index is 10.6. The van der Waals surface area contributed by atoms with Crippen LogP contribution in [0.1, 0.15) is 44.4 Å². The van der Waals surface area contributed by atoms with Gasteiger partial charge in [0.2, 0.25) is 0 Å². The Morgan fingerprint density at radius 1 is 1.59 bits per heavy atom. The summed E-state index contributed by atoms with van der Waals surface area (Å²) in [5.41, 5.74) is 0.395. The SMILES string of the molecule is CCn1ncc(Br)c1C(O)C1(OC)CCCC1. The minimum Gasteiger partial charge on any atom is -0.384 e. The number of hydrogen-bond acceptors (Lipinski definition) is 3. The van der Waals surface area contributed by atoms with Gasteiger partial charge in [0.05, 0.1) is 22.0 Å². The summed E-state index contributed by atoms with van der Waals surface area (Å²) in [4.78, 5) is 0. The molecule has 1 fully saturated rings. The molecule has 1 atom stereocenters. The van der Waals surface area contributed by atoms with Gasteiger partial charge in [0.1, 0.15) is 6.10 Å². The van der Waals surface area contributed by atoms with Crippen molar-refractivity contribution in [3.05, 3.63) is 16.4 Å². The molecule has 1 N–H and O–H groups in total. The third kappa shape index (κ3) is 2.16. The third-order valence-electron chi connectivity index (χ3n) is 3.75. The molecule has 0 aromatic carbocycles. The Labute approximate surface area is 110 Å². The molecule has 1 aliphatic rings. The second-order valence-electron chi connectivity index (χ2n) is 4.57. The van der Waals surface area contributed by atoms with Crippen LogP contribution >= 0.6 is 15.9 Å². The molecule has 0 amide bonds. The van der Waals surface area contributed by atoms with Gasteiger partial charge >= 0.3 is 0 Å². The highest BCUT2D eigenvalue weighted by molar-refractivity contribution is 9.10. The first-order valence-corrected chi connectivity index (χ1v) is 6.88. The number of halogens is 1. The van der Waals surface area contributed by atoms with Crippen molar-refractivity contribution in [1.82, 2.24) is 9.78 Å². The van der Waals surface area contributed by atoms with E-state index in [-0.39, 0.29) is 0 Å². The monoisotopic (exact) mass is 302 g/mol. The van der Waals surface area contributed by atoms with Crippen molar-refractivity contribution in [2.24, 2.45) is 0 Å². The number of aliphatic hydroxyl groups excluding tert-OH is 1. The average molecular weight is 303 g/mol. The minimum absolute atomic E-state index is 0.435. The lowest BCUT2D eigenvalue weighted by atomic mass is 9.92. The molecule has 0 aliphatic heterocycles. The summed E-state index contributed by atoms with van der Waals surface area (Å²) in [6.07, 6.45) is 5.16. The molecule has 17 heavy (non-hydrogen) atoms. The highest BCUT2D eigenvalue weighted by Crippen LogP contribution is 2.44. The van der Waals surface area contributed by atoms with Crippen molar-refractivity contribution in [2.75, 3.05) is 7.11 Å². The lowest BCUT2D eigenvalue weighted by Crippen LogP contribution is -2.36. The number of aromatic nitrogens is 2. The summed E-state index contributed by atoms with van der Waals surface area (Å²) >= 11 is 3.46. The summed E-state index contributed by atoms with van der Waals surface area (Å²) in [5.74, 6) is 0. The third-order valence-corrected chi connectivity index (χ3v) is 4.36. The molecule has 5 heteroatoms. The van der Waals surface area contributed by atoms with Crippen molar-refractivity contribution in [2.45, 2.75) is 50.9 Å². The van der Waals surface area contributed by atoms with Gasteiger partial charge in [-0.2, -0.15) is 5.10 Å². The van der Waals surface area contributed by atoms with Gasteiger partial charge in [-0.25, -0.2) is 0 Å². The Morgan fingerprint density at radius 2 is 2.24 bits per heavy atom. The normalized spacial score (nSPS) is 20.7. The molecule has 2 rings (SSSR count). The van der Waals surface area contributed by atoms with E-state index >= 15 is 0 Å². The standard InChI is InChI=1S/C12H19BrN2O2/c1-3-15-10(9(13)8-14-15)11(16)12(17-2)6-4-5-7-12/h8,11,16H,3-7H2,1-2H3. The van der Waals surface area contributed by atoms with E-state index in [0.717, 1.165) is 42.4 Å². The predicted molar refractivity (Wildman–Crippen MR) is 68.8 cm³/mol. The van der Waals surface area contributed by atoms with Crippen molar-refractivity contribution in [3.8, 4) is 0 Å². The van der Waals surface area contributed by atoms with Gasteiger partial charge in [0, 0.05) is 13.7 Å². The minimum atomic E-state index is -0.619. The van der Waals surface area contributed by atoms with Crippen LogP contribution in [0.5, 0.6) is 0 Å². The fourth-order valence-electron chi connectivity index (χ4n) is 2.71. The molecule has 0 spiro atoms. The Bertz CT molecular complexity index is 386. The van der Waals surface area contributed by atoms with E-state index in [4.69, 9.17) is 4.74 Å². The van der Waals surface area contributed by atoms with Gasteiger partial charge < -0.3 is 9.84 Å². The largest absolute Gasteiger partial charge is 0.384 e. The molecule has 0 bridgehead atoms. The second-order valence-corrected chi connectivity index (χ2v) is 5.43. The van der Waals surface area contributed by atoms with Crippen LogP contribution in [0.4, 0.5) is 0 Å². The van der Waals surface area contributed by atoms with E-state index in [0.29, 0.717) is 0 Å². The molecule has 0 saturated heterocycles. The van der Waals surface area contributed by atoms with E-state index in [2.05, 4.69) is 21.0 Å². The number of ether oxygens (including phenoxy) is 1. The summed E-state index contributed by atoms with van der Waals surface area (Å²) in [6.45, 7) is 2.77. The van der Waals surface area contributed by atoms with Crippen LogP contribution < -0.4 is 0 Å². The summed E-state index contributed by atoms with van der Waals surface area (Å²) in [6, 6.07) is 0. The van der Waals surface area contributed by atoms with E-state index in [1.54, 1.807) is 13.3 Å². The first-order valence-electron chi connectivity index (χ1n) is 6.09. The summed E-state index contributed by atoms with van der Waals surface area (Å²) < 4.78 is 8.31. The van der Waals surface area contributed by atoms with Gasteiger partial charge in [-0.05, 0) is 35.7 Å². The number of aliphatic hydroxyl groups is 1. The quantitative estimate of drug-likeness (QED) is 0.930. The van der Waals surface area contributed by atoms with Crippen LogP contribution in [-0.4, -0.2) is 27.6 Å². The maximum absolute atomic E-state index is 10.6. The number of hydrogen-bond donors (Lipinski definition) is 1. The van der Waals surface area contributed by atoms with E-state index < -0.39 is 11.7 Å². The van der Waals surface area contributed by atoms with Crippen molar-refractivity contribution < 1.29 is 9.84 Å². The Kier molecular flexibility index (Phi) is 3.90. The van der Waals surface area contributed by atoms with E-state index in [1.807, 2.05) is 11.6 Å². The number of methoxy groups -OCH3 is 1. The van der Waals surface area contributed by atoms with Gasteiger partial charge in [-0.1, -0.05) is 12.8 Å². The Morgan fingerprint density at radius 3 is 2.76 bits per heavy atom. The molecule has 0 radical (unpaired) electrons. The topological polar surface area (TPSA) is 47.3 Å². The molecule has 1 saturated carbocycles. The first kappa shape index (κ1) is 13.1. The lowest BCUT2D eigenvalue weighted by molar-refractivity contribution is -0.103. The van der Waals surface area contributed by atoms with Crippen LogP contribution in [0.15, 0.2) is 10.7 Å². The van der Waals surface area contributed by atoms with Crippen LogP contribution in [-0.2, 0) is 11.3 Å². The maximum Gasteiger partial charge on any atom is 0.126 e. The first-order chi connectivity index (χ1) is 8.14. The highest BCUT2D eigenvalue weighted by atomic mass is 79.9. The van der Waals surface area contributed by atoms with Gasteiger partial charge in [-0.15, -0.1) is 0 Å². The molecule has 1 aromatic rings. The molecule has 1 heterocycles. The Balaban J connectivity index is 2.35. The average Bonchev–Trinajstić information content (AvgIpc) is 2.95. The predicted octanol–water partition coefficient (Wildman–Crippen LogP) is 2.66. The van der Waals surface area contributed by atoms with Crippen molar-refractivity contribution in [3.63, 3.8) is 0 Å². The molecular weight excluding hydrogens is 284 g/mol. The van der Waals surface area contributed by atoms with Crippen LogP contribution in [0.3, 0.4) is 0 Å². The van der Waals surface area contributed by atoms with Crippen molar-refractivity contribution in [1.29, 1.82) is 0 Å². The summed E-state index contributed by atoms with van der Waals surface area (Å²) in [7, 11) is 1.69. The fraction of sp³-hybridized carbons (Fsp3) is 0.750. The summed E-state index contributed by atoms with van der Waals surface area (Å²) in [5, 5.41) is 14.9. The zero-order valence-corrected chi connectivity index (χ0v) is 11.9. The molecule has 1 aromatic heterocycles. The van der Waals surface area contributed by atoms with Crippen LogP contribution in [0.25, 0.3) is 0 Å². The van der Waals surface area contributed by atoms with Crippen LogP contribution in [0.2, 0.25) is 0 Å².